The Balaban J connectivity index is 2.99. The van der Waals surface area contributed by atoms with Crippen LogP contribution in [0.5, 0.6) is 0 Å². The molecule has 0 aliphatic heterocycles. The van der Waals surface area contributed by atoms with E-state index in [-0.39, 0.29) is 28.0 Å². The Morgan fingerprint density at radius 1 is 0.677 bits per heavy atom. The molecule has 31 heavy (non-hydrogen) atoms. The lowest BCUT2D eigenvalue weighted by atomic mass is 10.0. The zero-order valence-corrected chi connectivity index (χ0v) is 17.4. The van der Waals surface area contributed by atoms with Crippen LogP contribution in [-0.4, -0.2) is 52.3 Å². The number of rotatable bonds is 6. The summed E-state index contributed by atoms with van der Waals surface area (Å²) >= 11 is 0. The number of nitrogens with two attached hydrogens (primary N) is 1. The number of esters is 4. The van der Waals surface area contributed by atoms with Crippen LogP contribution in [0.2, 0.25) is 0 Å². The monoisotopic (exact) mass is 427 g/mol. The van der Waals surface area contributed by atoms with E-state index in [4.69, 9.17) is 15.2 Å². The van der Waals surface area contributed by atoms with Crippen LogP contribution in [0.1, 0.15) is 11.1 Å². The van der Waals surface area contributed by atoms with Crippen molar-refractivity contribution in [3.05, 3.63) is 53.6 Å². The first-order valence-electron chi connectivity index (χ1n) is 8.87. The fraction of sp³-hybridized carbons (Fsp3) is 0.182. The molecule has 0 saturated heterocycles. The van der Waals surface area contributed by atoms with Crippen LogP contribution in [0.25, 0.3) is 22.3 Å². The number of anilines is 1. The summed E-state index contributed by atoms with van der Waals surface area (Å²) in [6, 6.07) is 8.37. The molecule has 0 radical (unpaired) electrons. The molecule has 2 N–H and O–H groups in total. The van der Waals surface area contributed by atoms with E-state index >= 15 is 0 Å². The highest BCUT2D eigenvalue weighted by Gasteiger charge is 2.31. The zero-order valence-electron chi connectivity index (χ0n) is 17.4. The fourth-order valence-electron chi connectivity index (χ4n) is 3.02. The average molecular weight is 427 g/mol. The number of hydrogen-bond donors (Lipinski definition) is 1. The maximum atomic E-state index is 12.5. The van der Waals surface area contributed by atoms with Crippen molar-refractivity contribution in [3.63, 3.8) is 0 Å². The van der Waals surface area contributed by atoms with Gasteiger partial charge in [0.15, 0.2) is 0 Å². The van der Waals surface area contributed by atoms with E-state index in [9.17, 15) is 19.2 Å². The van der Waals surface area contributed by atoms with Gasteiger partial charge in [-0.15, -0.1) is 0 Å². The second-order valence-electron chi connectivity index (χ2n) is 6.05. The van der Waals surface area contributed by atoms with Crippen LogP contribution in [0.15, 0.2) is 42.5 Å². The minimum Gasteiger partial charge on any atom is -0.466 e. The third-order valence-corrected chi connectivity index (χ3v) is 4.39. The smallest absolute Gasteiger partial charge is 0.338 e. The Morgan fingerprint density at radius 3 is 1.39 bits per heavy atom. The van der Waals surface area contributed by atoms with Crippen molar-refractivity contribution in [2.24, 2.45) is 0 Å². The van der Waals surface area contributed by atoms with Crippen LogP contribution >= 0.6 is 0 Å². The highest BCUT2D eigenvalue weighted by Crippen LogP contribution is 2.46. The van der Waals surface area contributed by atoms with Gasteiger partial charge in [0.25, 0.3) is 0 Å². The van der Waals surface area contributed by atoms with Crippen LogP contribution in [0.4, 0.5) is 5.69 Å². The van der Waals surface area contributed by atoms with Crippen molar-refractivity contribution in [1.29, 1.82) is 0 Å². The Hall–Kier alpha value is -4.14. The standard InChI is InChI=1S/C22H21NO8/c1-28-16(24)10-14(21(26)30-3)18-12-8-6-5-7-9-13(12)19(20(18)23)15(22(27)31-4)11-17(25)29-2/h5-11H,23H2,1-4H3/b14-10+,15-11+. The van der Waals surface area contributed by atoms with Crippen LogP contribution in [-0.2, 0) is 38.1 Å². The van der Waals surface area contributed by atoms with E-state index in [2.05, 4.69) is 9.47 Å². The molecule has 9 nitrogen and oxygen atoms in total. The van der Waals surface area contributed by atoms with E-state index in [0.29, 0.717) is 11.1 Å². The zero-order chi connectivity index (χ0) is 23.1. The molecule has 0 aromatic rings. The van der Waals surface area contributed by atoms with Gasteiger partial charge in [0.05, 0.1) is 39.6 Å². The van der Waals surface area contributed by atoms with Gasteiger partial charge in [-0.2, -0.15) is 0 Å². The van der Waals surface area contributed by atoms with E-state index in [0.717, 1.165) is 40.6 Å². The van der Waals surface area contributed by atoms with Gasteiger partial charge in [0.2, 0.25) is 0 Å². The van der Waals surface area contributed by atoms with Crippen LogP contribution in [0.3, 0.4) is 0 Å². The van der Waals surface area contributed by atoms with Gasteiger partial charge >= 0.3 is 23.9 Å². The average Bonchev–Trinajstić information content (AvgIpc) is 2.91. The fourth-order valence-corrected chi connectivity index (χ4v) is 3.02. The molecular formula is C22H21NO8. The number of carbonyl (C=O) groups is 4. The van der Waals surface area contributed by atoms with Crippen LogP contribution in [0, 0.1) is 0 Å². The Labute approximate surface area is 178 Å². The first-order valence-corrected chi connectivity index (χ1v) is 8.87. The predicted octanol–water partition coefficient (Wildman–Crippen LogP) is 1.83. The molecule has 0 unspecified atom stereocenters. The lowest BCUT2D eigenvalue weighted by Crippen LogP contribution is -2.10. The summed E-state index contributed by atoms with van der Waals surface area (Å²) in [6.45, 7) is 0. The quantitative estimate of drug-likeness (QED) is 0.417. The lowest BCUT2D eigenvalue weighted by Gasteiger charge is -2.08. The number of nitrogen functional groups attached to an aromatic ring is 1. The predicted molar refractivity (Wildman–Crippen MR) is 111 cm³/mol. The van der Waals surface area contributed by atoms with Gasteiger partial charge in [-0.25, -0.2) is 19.2 Å². The lowest BCUT2D eigenvalue weighted by molar-refractivity contribution is -0.136. The van der Waals surface area contributed by atoms with Gasteiger partial charge in [0, 0.05) is 29.0 Å². The van der Waals surface area contributed by atoms with E-state index in [1.165, 1.54) is 0 Å². The molecule has 0 aromatic carbocycles. The topological polar surface area (TPSA) is 131 Å². The second kappa shape index (κ2) is 10.1. The van der Waals surface area contributed by atoms with Gasteiger partial charge in [-0.1, -0.05) is 30.3 Å². The van der Waals surface area contributed by atoms with Crippen LogP contribution < -0.4 is 5.73 Å². The van der Waals surface area contributed by atoms with Gasteiger partial charge in [0.1, 0.15) is 0 Å². The van der Waals surface area contributed by atoms with E-state index in [1.54, 1.807) is 30.3 Å². The summed E-state index contributed by atoms with van der Waals surface area (Å²) in [4.78, 5) is 48.8. The SMILES string of the molecule is COC(=O)/C=C(/C(=O)OC)c1c2cccccc-2c(/C(=C\C(=O)OC)C(=O)OC)c1N. The third-order valence-electron chi connectivity index (χ3n) is 4.39. The van der Waals surface area contributed by atoms with Crippen molar-refractivity contribution in [3.8, 4) is 11.1 Å². The molecule has 0 atom stereocenters. The number of hydrogen-bond acceptors (Lipinski definition) is 9. The largest absolute Gasteiger partial charge is 0.466 e. The maximum absolute atomic E-state index is 12.5. The Bertz CT molecular complexity index is 986. The summed E-state index contributed by atoms with van der Waals surface area (Å²) in [5.74, 6) is -3.32. The molecule has 2 rings (SSSR count). The highest BCUT2D eigenvalue weighted by atomic mass is 16.5. The summed E-state index contributed by atoms with van der Waals surface area (Å²) in [5.41, 5.74) is 7.10. The molecule has 0 heterocycles. The Morgan fingerprint density at radius 2 is 1.06 bits per heavy atom. The van der Waals surface area contributed by atoms with E-state index in [1.807, 2.05) is 0 Å². The molecule has 0 aromatic heterocycles. The molecule has 0 saturated carbocycles. The molecule has 162 valence electrons. The van der Waals surface area contributed by atoms with Crippen molar-refractivity contribution in [1.82, 2.24) is 0 Å². The van der Waals surface area contributed by atoms with Crippen molar-refractivity contribution < 1.29 is 38.1 Å². The van der Waals surface area contributed by atoms with Crippen molar-refractivity contribution in [2.75, 3.05) is 34.2 Å². The Kier molecular flexibility index (Phi) is 7.51. The molecule has 0 spiro atoms. The van der Waals surface area contributed by atoms with Crippen molar-refractivity contribution >= 4 is 40.7 Å². The first-order chi connectivity index (χ1) is 14.8. The molecular weight excluding hydrogens is 406 g/mol. The maximum Gasteiger partial charge on any atom is 0.338 e. The van der Waals surface area contributed by atoms with Crippen molar-refractivity contribution in [2.45, 2.75) is 0 Å². The molecule has 0 amide bonds. The van der Waals surface area contributed by atoms with Gasteiger partial charge in [-0.3, -0.25) is 0 Å². The number of methoxy groups -OCH3 is 4. The van der Waals surface area contributed by atoms with Gasteiger partial charge in [-0.05, 0) is 11.1 Å². The summed E-state index contributed by atoms with van der Waals surface area (Å²) in [7, 11) is 4.60. The minimum absolute atomic E-state index is 0.0395. The molecule has 0 bridgehead atoms. The first kappa shape index (κ1) is 23.1. The third kappa shape index (κ3) is 4.72. The summed E-state index contributed by atoms with van der Waals surface area (Å²) in [5, 5.41) is 0. The molecule has 0 fully saturated rings. The normalized spacial score (nSPS) is 11.6. The summed E-state index contributed by atoms with van der Waals surface area (Å²) < 4.78 is 18.9. The number of fused-ring (bicyclic) bond motifs is 1. The molecule has 2 aliphatic rings. The highest BCUT2D eigenvalue weighted by molar-refractivity contribution is 6.29. The molecule has 2 aliphatic carbocycles. The van der Waals surface area contributed by atoms with Gasteiger partial charge < -0.3 is 24.7 Å². The van der Waals surface area contributed by atoms with E-state index < -0.39 is 23.9 Å². The number of carbonyl (C=O) groups excluding carboxylic acids is 4. The summed E-state index contributed by atoms with van der Waals surface area (Å²) in [6.07, 6.45) is 1.88. The minimum atomic E-state index is -0.848. The molecule has 9 heteroatoms. The second-order valence-corrected chi connectivity index (χ2v) is 6.05. The number of ether oxygens (including phenoxy) is 4.